The molecule has 4 nitrogen and oxygen atoms in total. The summed E-state index contributed by atoms with van der Waals surface area (Å²) in [5.74, 6) is 0.909. The lowest BCUT2D eigenvalue weighted by atomic mass is 10.0. The molecule has 4 aromatic rings. The summed E-state index contributed by atoms with van der Waals surface area (Å²) in [5, 5.41) is 0.719. The van der Waals surface area contributed by atoms with Gasteiger partial charge in [-0.2, -0.15) is 0 Å². The van der Waals surface area contributed by atoms with Gasteiger partial charge < -0.3 is 4.90 Å². The standard InChI is InChI=1S/C27H27ClN4/c1-31-17-2-3-20(15-18-31)4-5-21-6-8-22(9-7-21)27-30-25-14-16-29-19-26(25)32(27)24-12-10-23(28)11-13-24/h4,6-14,16,19H,2-3,5,15,17-18H2,1H3/b20-4-. The molecule has 1 aliphatic rings. The molecule has 5 heteroatoms. The van der Waals surface area contributed by atoms with Gasteiger partial charge in [0.15, 0.2) is 0 Å². The van der Waals surface area contributed by atoms with Crippen LogP contribution in [-0.2, 0) is 6.42 Å². The van der Waals surface area contributed by atoms with Crippen LogP contribution in [0.2, 0.25) is 5.02 Å². The molecule has 0 spiro atoms. The normalized spacial score (nSPS) is 16.5. The third-order valence-corrected chi connectivity index (χ3v) is 6.48. The van der Waals surface area contributed by atoms with Crippen LogP contribution in [0.1, 0.15) is 24.8 Å². The Kier molecular flexibility index (Phi) is 6.06. The fraction of sp³-hybridized carbons (Fsp3) is 0.259. The highest BCUT2D eigenvalue weighted by atomic mass is 35.5. The fourth-order valence-electron chi connectivity index (χ4n) is 4.37. The first-order chi connectivity index (χ1) is 15.7. The van der Waals surface area contributed by atoms with E-state index in [1.54, 1.807) is 11.8 Å². The molecule has 0 amide bonds. The number of fused-ring (bicyclic) bond motifs is 1. The monoisotopic (exact) mass is 442 g/mol. The highest BCUT2D eigenvalue weighted by molar-refractivity contribution is 6.30. The third-order valence-electron chi connectivity index (χ3n) is 6.23. The van der Waals surface area contributed by atoms with Gasteiger partial charge in [-0.3, -0.25) is 9.55 Å². The number of hydrogen-bond donors (Lipinski definition) is 0. The Morgan fingerprint density at radius 2 is 1.78 bits per heavy atom. The van der Waals surface area contributed by atoms with E-state index in [9.17, 15) is 0 Å². The second kappa shape index (κ2) is 9.27. The number of benzene rings is 2. The average molecular weight is 443 g/mol. The molecule has 0 unspecified atom stereocenters. The van der Waals surface area contributed by atoms with Crippen LogP contribution in [0.5, 0.6) is 0 Å². The number of imidazole rings is 1. The van der Waals surface area contributed by atoms with Gasteiger partial charge in [0.25, 0.3) is 0 Å². The van der Waals surface area contributed by atoms with E-state index in [0.717, 1.165) is 39.6 Å². The number of likely N-dealkylation sites (tertiary alicyclic amines) is 1. The maximum atomic E-state index is 6.12. The van der Waals surface area contributed by atoms with Gasteiger partial charge in [0.05, 0.1) is 17.2 Å². The van der Waals surface area contributed by atoms with Crippen LogP contribution < -0.4 is 0 Å². The van der Waals surface area contributed by atoms with Crippen LogP contribution in [-0.4, -0.2) is 39.6 Å². The Hall–Kier alpha value is -2.95. The molecular formula is C27H27ClN4. The molecule has 162 valence electrons. The van der Waals surface area contributed by atoms with Gasteiger partial charge in [0, 0.05) is 29.0 Å². The van der Waals surface area contributed by atoms with Crippen molar-refractivity contribution < 1.29 is 0 Å². The molecule has 1 saturated heterocycles. The van der Waals surface area contributed by atoms with E-state index >= 15 is 0 Å². The van der Waals surface area contributed by atoms with Crippen LogP contribution in [0.4, 0.5) is 0 Å². The first-order valence-electron chi connectivity index (χ1n) is 11.2. The summed E-state index contributed by atoms with van der Waals surface area (Å²) in [5.41, 5.74) is 6.94. The number of pyridine rings is 1. The van der Waals surface area contributed by atoms with Crippen molar-refractivity contribution in [1.82, 2.24) is 19.4 Å². The van der Waals surface area contributed by atoms with Crippen LogP contribution in [0, 0.1) is 0 Å². The SMILES string of the molecule is CN1CCC/C(=C/Cc2ccc(-c3nc4ccncc4n3-c3ccc(Cl)cc3)cc2)CC1. The number of halogens is 1. The minimum Gasteiger partial charge on any atom is -0.306 e. The first-order valence-corrected chi connectivity index (χ1v) is 11.6. The van der Waals surface area contributed by atoms with Crippen molar-refractivity contribution in [1.29, 1.82) is 0 Å². The van der Waals surface area contributed by atoms with Gasteiger partial charge >= 0.3 is 0 Å². The summed E-state index contributed by atoms with van der Waals surface area (Å²) in [6, 6.07) is 18.6. The molecule has 0 aliphatic carbocycles. The second-order valence-corrected chi connectivity index (χ2v) is 8.97. The van der Waals surface area contributed by atoms with Gasteiger partial charge in [0.2, 0.25) is 0 Å². The van der Waals surface area contributed by atoms with Crippen LogP contribution >= 0.6 is 11.6 Å². The van der Waals surface area contributed by atoms with E-state index in [1.807, 2.05) is 36.5 Å². The van der Waals surface area contributed by atoms with Crippen LogP contribution in [0.3, 0.4) is 0 Å². The van der Waals surface area contributed by atoms with E-state index in [-0.39, 0.29) is 0 Å². The lowest BCUT2D eigenvalue weighted by molar-refractivity contribution is 0.351. The summed E-state index contributed by atoms with van der Waals surface area (Å²) in [6.45, 7) is 2.37. The summed E-state index contributed by atoms with van der Waals surface area (Å²) >= 11 is 6.12. The maximum absolute atomic E-state index is 6.12. The Bertz CT molecular complexity index is 1240. The van der Waals surface area contributed by atoms with Crippen molar-refractivity contribution >= 4 is 22.6 Å². The van der Waals surface area contributed by atoms with E-state index in [2.05, 4.69) is 51.8 Å². The number of nitrogens with zero attached hydrogens (tertiary/aromatic N) is 4. The van der Waals surface area contributed by atoms with Gasteiger partial charge in [0.1, 0.15) is 5.82 Å². The minimum atomic E-state index is 0.719. The zero-order valence-corrected chi connectivity index (χ0v) is 19.1. The zero-order valence-electron chi connectivity index (χ0n) is 18.3. The van der Waals surface area contributed by atoms with E-state index in [0.29, 0.717) is 0 Å². The fourth-order valence-corrected chi connectivity index (χ4v) is 4.50. The maximum Gasteiger partial charge on any atom is 0.145 e. The second-order valence-electron chi connectivity index (χ2n) is 8.53. The first kappa shape index (κ1) is 20.9. The molecule has 1 fully saturated rings. The quantitative estimate of drug-likeness (QED) is 0.346. The largest absolute Gasteiger partial charge is 0.306 e. The van der Waals surface area contributed by atoms with E-state index < -0.39 is 0 Å². The molecule has 0 saturated carbocycles. The van der Waals surface area contributed by atoms with Gasteiger partial charge in [-0.1, -0.05) is 47.5 Å². The molecule has 3 heterocycles. The number of allylic oxidation sites excluding steroid dienone is 1. The smallest absolute Gasteiger partial charge is 0.145 e. The predicted molar refractivity (Wildman–Crippen MR) is 132 cm³/mol. The molecule has 0 radical (unpaired) electrons. The Morgan fingerprint density at radius 1 is 0.969 bits per heavy atom. The minimum absolute atomic E-state index is 0.719. The molecule has 32 heavy (non-hydrogen) atoms. The highest BCUT2D eigenvalue weighted by Crippen LogP contribution is 2.29. The topological polar surface area (TPSA) is 34.0 Å². The zero-order chi connectivity index (χ0) is 21.9. The molecular weight excluding hydrogens is 416 g/mol. The molecule has 2 aromatic carbocycles. The van der Waals surface area contributed by atoms with Crippen molar-refractivity contribution in [3.8, 4) is 17.1 Å². The molecule has 2 aromatic heterocycles. The lowest BCUT2D eigenvalue weighted by Gasteiger charge is -2.11. The van der Waals surface area contributed by atoms with Crippen molar-refractivity contribution in [2.75, 3.05) is 20.1 Å². The molecule has 0 bridgehead atoms. The summed E-state index contributed by atoms with van der Waals surface area (Å²) in [6.07, 6.45) is 10.7. The molecule has 5 rings (SSSR count). The van der Waals surface area contributed by atoms with Crippen molar-refractivity contribution in [3.63, 3.8) is 0 Å². The van der Waals surface area contributed by atoms with Gasteiger partial charge in [-0.25, -0.2) is 4.98 Å². The Morgan fingerprint density at radius 3 is 2.59 bits per heavy atom. The van der Waals surface area contributed by atoms with Crippen molar-refractivity contribution in [2.24, 2.45) is 0 Å². The Labute approximate surface area is 194 Å². The average Bonchev–Trinajstić information content (AvgIpc) is 3.08. The number of hydrogen-bond acceptors (Lipinski definition) is 3. The van der Waals surface area contributed by atoms with Crippen LogP contribution in [0.25, 0.3) is 28.1 Å². The third kappa shape index (κ3) is 4.47. The van der Waals surface area contributed by atoms with Gasteiger partial charge in [-0.05, 0) is 75.2 Å². The predicted octanol–water partition coefficient (Wildman–Crippen LogP) is 6.33. The van der Waals surface area contributed by atoms with Crippen molar-refractivity contribution in [2.45, 2.75) is 25.7 Å². The Balaban J connectivity index is 1.44. The molecule has 1 aliphatic heterocycles. The number of aromatic nitrogens is 3. The number of rotatable bonds is 4. The van der Waals surface area contributed by atoms with Crippen molar-refractivity contribution in [3.05, 3.63) is 89.2 Å². The van der Waals surface area contributed by atoms with Crippen LogP contribution in [0.15, 0.2) is 78.6 Å². The summed E-state index contributed by atoms with van der Waals surface area (Å²) in [7, 11) is 2.22. The van der Waals surface area contributed by atoms with Gasteiger partial charge in [-0.15, -0.1) is 0 Å². The van der Waals surface area contributed by atoms with E-state index in [1.165, 1.54) is 37.9 Å². The summed E-state index contributed by atoms with van der Waals surface area (Å²) < 4.78 is 2.15. The summed E-state index contributed by atoms with van der Waals surface area (Å²) in [4.78, 5) is 11.7. The van der Waals surface area contributed by atoms with E-state index in [4.69, 9.17) is 16.6 Å². The highest BCUT2D eigenvalue weighted by Gasteiger charge is 2.14. The molecule has 0 atom stereocenters. The lowest BCUT2D eigenvalue weighted by Crippen LogP contribution is -2.18. The molecule has 0 N–H and O–H groups in total.